The van der Waals surface area contributed by atoms with Gasteiger partial charge in [-0.05, 0) is 29.8 Å². The molecule has 3 heterocycles. The molecule has 0 aliphatic carbocycles. The van der Waals surface area contributed by atoms with Crippen molar-refractivity contribution < 1.29 is 64.2 Å². The van der Waals surface area contributed by atoms with Crippen LogP contribution in [0.2, 0.25) is 0 Å². The minimum atomic E-state index is -1.61. The molecule has 10 atom stereocenters. The van der Waals surface area contributed by atoms with E-state index in [2.05, 4.69) is 0 Å². The number of aliphatic hydroxyl groups excluding tert-OH is 8. The monoisotopic (exact) mass is 578 g/mol. The molecule has 14 heteroatoms. The minimum absolute atomic E-state index is 0.132. The number of ether oxygens (including phenoxy) is 4. The molecular formula is C27H30O14. The number of rotatable bonds is 7. The normalized spacial score (nSPS) is 34.0. The van der Waals surface area contributed by atoms with Crippen molar-refractivity contribution in [3.63, 3.8) is 0 Å². The van der Waals surface area contributed by atoms with Gasteiger partial charge in [0.15, 0.2) is 5.43 Å². The number of benzene rings is 2. The Hall–Kier alpha value is -3.15. The van der Waals surface area contributed by atoms with Crippen LogP contribution in [-0.2, 0) is 9.47 Å². The zero-order valence-corrected chi connectivity index (χ0v) is 21.3. The highest BCUT2D eigenvalue weighted by atomic mass is 16.7. The Kier molecular flexibility index (Phi) is 8.58. The molecule has 8 N–H and O–H groups in total. The third-order valence-electron chi connectivity index (χ3n) is 7.11. The molecule has 3 aromatic rings. The summed E-state index contributed by atoms with van der Waals surface area (Å²) in [4.78, 5) is 13.2. The van der Waals surface area contributed by atoms with Gasteiger partial charge in [-0.15, -0.1) is 0 Å². The summed E-state index contributed by atoms with van der Waals surface area (Å²) < 4.78 is 27.5. The molecular weight excluding hydrogens is 548 g/mol. The lowest BCUT2D eigenvalue weighted by atomic mass is 9.99. The summed E-state index contributed by atoms with van der Waals surface area (Å²) in [6, 6.07) is 10.4. The van der Waals surface area contributed by atoms with E-state index in [9.17, 15) is 45.6 Å². The van der Waals surface area contributed by atoms with E-state index < -0.39 is 74.6 Å². The van der Waals surface area contributed by atoms with Gasteiger partial charge in [0.1, 0.15) is 72.2 Å². The predicted octanol–water partition coefficient (Wildman–Crippen LogP) is -2.18. The highest BCUT2D eigenvalue weighted by Crippen LogP contribution is 2.29. The molecule has 0 radical (unpaired) electrons. The summed E-state index contributed by atoms with van der Waals surface area (Å²) in [5, 5.41) is 79.0. The van der Waals surface area contributed by atoms with Gasteiger partial charge in [-0.1, -0.05) is 12.1 Å². The summed E-state index contributed by atoms with van der Waals surface area (Å²) in [7, 11) is 0. The van der Waals surface area contributed by atoms with Gasteiger partial charge in [0.25, 0.3) is 0 Å². The maximum atomic E-state index is 13.2. The van der Waals surface area contributed by atoms with Crippen LogP contribution in [0, 0.1) is 0 Å². The second-order valence-corrected chi connectivity index (χ2v) is 9.79. The molecule has 1 aromatic heterocycles. The first-order valence-electron chi connectivity index (χ1n) is 12.7. The predicted molar refractivity (Wildman–Crippen MR) is 137 cm³/mol. The molecule has 2 aromatic carbocycles. The van der Waals surface area contributed by atoms with Gasteiger partial charge in [0.05, 0.1) is 24.2 Å². The molecule has 2 aliphatic heterocycles. The van der Waals surface area contributed by atoms with E-state index in [1.165, 1.54) is 36.6 Å². The van der Waals surface area contributed by atoms with Crippen LogP contribution in [0.3, 0.4) is 0 Å². The van der Waals surface area contributed by atoms with Crippen LogP contribution in [-0.4, -0.2) is 115 Å². The van der Waals surface area contributed by atoms with Crippen LogP contribution in [0.25, 0.3) is 22.1 Å². The number of hydrogen-bond donors (Lipinski definition) is 8. The quantitative estimate of drug-likeness (QED) is 0.149. The van der Waals surface area contributed by atoms with Crippen LogP contribution in [0.5, 0.6) is 11.5 Å². The Balaban J connectivity index is 1.31. The van der Waals surface area contributed by atoms with Crippen molar-refractivity contribution in [1.82, 2.24) is 0 Å². The zero-order valence-electron chi connectivity index (χ0n) is 21.3. The van der Waals surface area contributed by atoms with Crippen molar-refractivity contribution in [3.05, 3.63) is 59.0 Å². The standard InChI is InChI=1S/C27H30O14/c28-8-17-20(31)22(33)24(35)26(40-17)38-12-3-1-11(2-4-12)15-10-37-16-7-13(5-6-14(16)19(15)30)39-27-25(36)23(34)21(32)18(9-29)41-27/h1-7,10,17-18,20-29,31-36H,8-9H2/t17-,18-,20-,21-,22+,23+,24-,25-,26?,27?/m1/s1. The fourth-order valence-corrected chi connectivity index (χ4v) is 4.69. The topological polar surface area (TPSA) is 229 Å². The van der Waals surface area contributed by atoms with Gasteiger partial charge in [-0.3, -0.25) is 4.79 Å². The first-order chi connectivity index (χ1) is 19.6. The molecule has 222 valence electrons. The van der Waals surface area contributed by atoms with Crippen molar-refractivity contribution in [3.8, 4) is 22.6 Å². The number of aliphatic hydroxyl groups is 8. The van der Waals surface area contributed by atoms with Crippen molar-refractivity contribution in [2.24, 2.45) is 0 Å². The molecule has 2 aliphatic rings. The second-order valence-electron chi connectivity index (χ2n) is 9.79. The lowest BCUT2D eigenvalue weighted by Gasteiger charge is -2.39. The summed E-state index contributed by atoms with van der Waals surface area (Å²) in [5.41, 5.74) is 0.486. The van der Waals surface area contributed by atoms with Gasteiger partial charge < -0.3 is 64.2 Å². The molecule has 0 amide bonds. The van der Waals surface area contributed by atoms with Gasteiger partial charge in [-0.25, -0.2) is 0 Å². The van der Waals surface area contributed by atoms with Crippen LogP contribution in [0.15, 0.2) is 57.9 Å². The van der Waals surface area contributed by atoms with Crippen LogP contribution in [0.4, 0.5) is 0 Å². The van der Waals surface area contributed by atoms with Crippen molar-refractivity contribution in [2.45, 2.75) is 61.4 Å². The summed E-state index contributed by atoms with van der Waals surface area (Å²) >= 11 is 0. The molecule has 14 nitrogen and oxygen atoms in total. The average molecular weight is 579 g/mol. The van der Waals surface area contributed by atoms with E-state index in [4.69, 9.17) is 23.4 Å². The second kappa shape index (κ2) is 12.0. The molecule has 2 fully saturated rings. The molecule has 2 saturated heterocycles. The van der Waals surface area contributed by atoms with Crippen LogP contribution >= 0.6 is 0 Å². The zero-order chi connectivity index (χ0) is 29.4. The smallest absolute Gasteiger partial charge is 0.229 e. The van der Waals surface area contributed by atoms with Gasteiger partial charge in [-0.2, -0.15) is 0 Å². The Labute approximate surface area is 231 Å². The molecule has 0 bridgehead atoms. The fraction of sp³-hybridized carbons (Fsp3) is 0.444. The fourth-order valence-electron chi connectivity index (χ4n) is 4.69. The van der Waals surface area contributed by atoms with Crippen molar-refractivity contribution in [2.75, 3.05) is 13.2 Å². The van der Waals surface area contributed by atoms with Crippen LogP contribution < -0.4 is 14.9 Å². The Bertz CT molecular complexity index is 1390. The summed E-state index contributed by atoms with van der Waals surface area (Å²) in [5.74, 6) is 0.352. The van der Waals surface area contributed by atoms with E-state index in [-0.39, 0.29) is 33.5 Å². The third kappa shape index (κ3) is 5.67. The first kappa shape index (κ1) is 29.3. The van der Waals surface area contributed by atoms with Gasteiger partial charge >= 0.3 is 0 Å². The maximum absolute atomic E-state index is 13.2. The first-order valence-corrected chi connectivity index (χ1v) is 12.7. The SMILES string of the molecule is O=c1c(-c2ccc(OC3O[C@H](CO)[C@@H](O)[C@H](O)[C@H]3O)cc2)coc2cc(OC3O[C@H](CO)[C@@H](O)[C@H](O)[C@H]3O)ccc12. The van der Waals surface area contributed by atoms with E-state index in [0.717, 1.165) is 0 Å². The van der Waals surface area contributed by atoms with E-state index in [0.29, 0.717) is 5.56 Å². The minimum Gasteiger partial charge on any atom is -0.463 e. The largest absolute Gasteiger partial charge is 0.463 e. The number of fused-ring (bicyclic) bond motifs is 1. The van der Waals surface area contributed by atoms with E-state index in [1.54, 1.807) is 12.1 Å². The summed E-state index contributed by atoms with van der Waals surface area (Å²) in [6.45, 7) is -1.20. The molecule has 2 unspecified atom stereocenters. The summed E-state index contributed by atoms with van der Waals surface area (Å²) in [6.07, 6.45) is -13.2. The molecule has 5 rings (SSSR count). The molecule has 0 spiro atoms. The highest BCUT2D eigenvalue weighted by Gasteiger charge is 2.45. The van der Waals surface area contributed by atoms with E-state index >= 15 is 0 Å². The van der Waals surface area contributed by atoms with Crippen molar-refractivity contribution >= 4 is 11.0 Å². The third-order valence-corrected chi connectivity index (χ3v) is 7.11. The van der Waals surface area contributed by atoms with Crippen molar-refractivity contribution in [1.29, 1.82) is 0 Å². The Morgan fingerprint density at radius 1 is 0.659 bits per heavy atom. The number of hydrogen-bond acceptors (Lipinski definition) is 14. The lowest BCUT2D eigenvalue weighted by molar-refractivity contribution is -0.277. The van der Waals surface area contributed by atoms with Gasteiger partial charge in [0, 0.05) is 6.07 Å². The van der Waals surface area contributed by atoms with Crippen LogP contribution in [0.1, 0.15) is 0 Å². The molecule has 41 heavy (non-hydrogen) atoms. The average Bonchev–Trinajstić information content (AvgIpc) is 2.98. The van der Waals surface area contributed by atoms with Gasteiger partial charge in [0.2, 0.25) is 12.6 Å². The Morgan fingerprint density at radius 3 is 1.71 bits per heavy atom. The van der Waals surface area contributed by atoms with E-state index in [1.807, 2.05) is 0 Å². The Morgan fingerprint density at radius 2 is 1.17 bits per heavy atom. The highest BCUT2D eigenvalue weighted by molar-refractivity contribution is 5.82. The lowest BCUT2D eigenvalue weighted by Crippen LogP contribution is -2.60. The maximum Gasteiger partial charge on any atom is 0.229 e. The molecule has 0 saturated carbocycles.